The number of carbonyl (C=O) groups is 2. The number of hydrogen-bond donors (Lipinski definition) is 3. The standard InChI is InChI=1S/C24H17FN4O5/c25-20-23(33-16-5-2-1-3-6-16)26-13-27-24(20)34-17-11-9-15(10-12-17)29-22(32)18-7-4-8-19(21(18)31)28-14-30/h1-14,31H,(H,28,30)(H,29,32). The van der Waals surface area contributed by atoms with Crippen LogP contribution in [-0.4, -0.2) is 27.4 Å². The van der Waals surface area contributed by atoms with Gasteiger partial charge in [0, 0.05) is 5.69 Å². The van der Waals surface area contributed by atoms with Crippen LogP contribution in [-0.2, 0) is 4.79 Å². The van der Waals surface area contributed by atoms with E-state index in [1.165, 1.54) is 42.5 Å². The number of anilines is 2. The van der Waals surface area contributed by atoms with Crippen molar-refractivity contribution in [1.29, 1.82) is 0 Å². The Hall–Kier alpha value is -4.99. The Kier molecular flexibility index (Phi) is 6.59. The van der Waals surface area contributed by atoms with Gasteiger partial charge >= 0.3 is 0 Å². The minimum atomic E-state index is -0.872. The van der Waals surface area contributed by atoms with Gasteiger partial charge in [-0.15, -0.1) is 0 Å². The summed E-state index contributed by atoms with van der Waals surface area (Å²) >= 11 is 0. The zero-order chi connectivity index (χ0) is 23.9. The second-order valence-corrected chi connectivity index (χ2v) is 6.76. The number of rotatable bonds is 8. The van der Waals surface area contributed by atoms with Gasteiger partial charge in [0.15, 0.2) is 5.75 Å². The Bertz CT molecular complexity index is 1320. The second kappa shape index (κ2) is 10.1. The van der Waals surface area contributed by atoms with Gasteiger partial charge in [-0.2, -0.15) is 14.4 Å². The summed E-state index contributed by atoms with van der Waals surface area (Å²) in [6, 6.07) is 19.0. The Morgan fingerprint density at radius 3 is 2.18 bits per heavy atom. The third-order valence-corrected chi connectivity index (χ3v) is 4.51. The molecule has 2 amide bonds. The molecule has 0 aliphatic rings. The molecule has 0 spiro atoms. The van der Waals surface area contributed by atoms with E-state index in [1.807, 2.05) is 0 Å². The van der Waals surface area contributed by atoms with Crippen LogP contribution in [0.1, 0.15) is 10.4 Å². The van der Waals surface area contributed by atoms with Crippen molar-refractivity contribution in [1.82, 2.24) is 9.97 Å². The molecule has 0 aliphatic carbocycles. The number of aromatic hydroxyl groups is 1. The van der Waals surface area contributed by atoms with E-state index >= 15 is 0 Å². The van der Waals surface area contributed by atoms with Crippen LogP contribution in [0, 0.1) is 5.82 Å². The van der Waals surface area contributed by atoms with Gasteiger partial charge in [-0.05, 0) is 48.5 Å². The van der Waals surface area contributed by atoms with Gasteiger partial charge in [0.25, 0.3) is 17.7 Å². The number of aromatic nitrogens is 2. The highest BCUT2D eigenvalue weighted by Gasteiger charge is 2.17. The number of ether oxygens (including phenoxy) is 2. The minimum absolute atomic E-state index is 0.0267. The van der Waals surface area contributed by atoms with E-state index in [9.17, 15) is 19.1 Å². The van der Waals surface area contributed by atoms with Crippen molar-refractivity contribution in [3.05, 3.63) is 90.5 Å². The zero-order valence-corrected chi connectivity index (χ0v) is 17.4. The monoisotopic (exact) mass is 460 g/mol. The van der Waals surface area contributed by atoms with Crippen LogP contribution in [0.5, 0.6) is 29.0 Å². The molecular weight excluding hydrogens is 443 g/mol. The van der Waals surface area contributed by atoms with E-state index in [0.29, 0.717) is 17.8 Å². The van der Waals surface area contributed by atoms with E-state index in [1.54, 1.807) is 30.3 Å². The third-order valence-electron chi connectivity index (χ3n) is 4.51. The average molecular weight is 460 g/mol. The summed E-state index contributed by atoms with van der Waals surface area (Å²) < 4.78 is 25.6. The smallest absolute Gasteiger partial charge is 0.263 e. The van der Waals surface area contributed by atoms with Gasteiger partial charge in [-0.1, -0.05) is 24.3 Å². The second-order valence-electron chi connectivity index (χ2n) is 6.76. The van der Waals surface area contributed by atoms with Crippen LogP contribution in [0.4, 0.5) is 15.8 Å². The van der Waals surface area contributed by atoms with Gasteiger partial charge in [0.1, 0.15) is 17.8 Å². The summed E-state index contributed by atoms with van der Waals surface area (Å²) in [6.45, 7) is 0. The Labute approximate surface area is 192 Å². The first-order valence-corrected chi connectivity index (χ1v) is 9.90. The molecule has 0 radical (unpaired) electrons. The number of halogens is 1. The van der Waals surface area contributed by atoms with Crippen LogP contribution in [0.25, 0.3) is 0 Å². The number of amides is 2. The number of para-hydroxylation sites is 2. The molecule has 10 heteroatoms. The number of phenols is 1. The van der Waals surface area contributed by atoms with E-state index in [2.05, 4.69) is 20.6 Å². The molecule has 4 rings (SSSR count). The average Bonchev–Trinajstić information content (AvgIpc) is 2.85. The van der Waals surface area contributed by atoms with Crippen molar-refractivity contribution in [2.75, 3.05) is 10.6 Å². The van der Waals surface area contributed by atoms with E-state index < -0.39 is 11.7 Å². The summed E-state index contributed by atoms with van der Waals surface area (Å²) in [6.07, 6.45) is 1.51. The number of nitrogens with one attached hydrogen (secondary N) is 2. The number of benzene rings is 3. The lowest BCUT2D eigenvalue weighted by atomic mass is 10.1. The van der Waals surface area contributed by atoms with Crippen molar-refractivity contribution in [3.8, 4) is 29.0 Å². The van der Waals surface area contributed by atoms with Crippen molar-refractivity contribution < 1.29 is 28.6 Å². The van der Waals surface area contributed by atoms with Crippen molar-refractivity contribution in [3.63, 3.8) is 0 Å². The first-order chi connectivity index (χ1) is 16.5. The maximum Gasteiger partial charge on any atom is 0.263 e. The minimum Gasteiger partial charge on any atom is -0.505 e. The van der Waals surface area contributed by atoms with E-state index in [-0.39, 0.29) is 34.5 Å². The molecule has 0 atom stereocenters. The molecule has 0 saturated heterocycles. The summed E-state index contributed by atoms with van der Waals surface area (Å²) in [7, 11) is 0. The van der Waals surface area contributed by atoms with Crippen molar-refractivity contribution >= 4 is 23.7 Å². The van der Waals surface area contributed by atoms with Crippen LogP contribution in [0.2, 0.25) is 0 Å². The van der Waals surface area contributed by atoms with E-state index in [4.69, 9.17) is 9.47 Å². The molecule has 170 valence electrons. The lowest BCUT2D eigenvalue weighted by Crippen LogP contribution is -2.12. The predicted octanol–water partition coefficient (Wildman–Crippen LogP) is 4.73. The predicted molar refractivity (Wildman–Crippen MR) is 121 cm³/mol. The van der Waals surface area contributed by atoms with Crippen molar-refractivity contribution in [2.45, 2.75) is 0 Å². The highest BCUT2D eigenvalue weighted by atomic mass is 19.1. The summed E-state index contributed by atoms with van der Waals surface area (Å²) in [5, 5.41) is 15.1. The largest absolute Gasteiger partial charge is 0.505 e. The third kappa shape index (κ3) is 5.07. The molecule has 0 aliphatic heterocycles. The van der Waals surface area contributed by atoms with Crippen LogP contribution in [0.3, 0.4) is 0 Å². The topological polar surface area (TPSA) is 123 Å². The van der Waals surface area contributed by atoms with Gasteiger partial charge in [-0.3, -0.25) is 9.59 Å². The summed E-state index contributed by atoms with van der Waals surface area (Å²) in [5.74, 6) is -1.78. The van der Waals surface area contributed by atoms with Crippen LogP contribution >= 0.6 is 0 Å². The van der Waals surface area contributed by atoms with Gasteiger partial charge in [0.2, 0.25) is 12.2 Å². The summed E-state index contributed by atoms with van der Waals surface area (Å²) in [5.41, 5.74) is 0.469. The van der Waals surface area contributed by atoms with E-state index in [0.717, 1.165) is 6.33 Å². The molecule has 34 heavy (non-hydrogen) atoms. The fourth-order valence-electron chi connectivity index (χ4n) is 2.90. The fraction of sp³-hybridized carbons (Fsp3) is 0. The quantitative estimate of drug-likeness (QED) is 0.257. The maximum absolute atomic E-state index is 14.7. The molecule has 3 aromatic carbocycles. The lowest BCUT2D eigenvalue weighted by Gasteiger charge is -2.11. The van der Waals surface area contributed by atoms with Crippen LogP contribution in [0.15, 0.2) is 79.1 Å². The molecule has 9 nitrogen and oxygen atoms in total. The number of nitrogens with zero attached hydrogens (tertiary/aromatic N) is 2. The lowest BCUT2D eigenvalue weighted by molar-refractivity contribution is -0.105. The first kappa shape index (κ1) is 22.2. The normalized spacial score (nSPS) is 10.3. The number of hydrogen-bond acceptors (Lipinski definition) is 7. The molecule has 4 aromatic rings. The molecule has 1 heterocycles. The molecular formula is C24H17FN4O5. The molecule has 0 fully saturated rings. The molecule has 0 unspecified atom stereocenters. The molecule has 0 saturated carbocycles. The molecule has 0 bridgehead atoms. The molecule has 3 N–H and O–H groups in total. The number of carbonyl (C=O) groups excluding carboxylic acids is 2. The summed E-state index contributed by atoms with van der Waals surface area (Å²) in [4.78, 5) is 30.7. The number of phenolic OH excluding ortho intramolecular Hbond substituents is 1. The Morgan fingerprint density at radius 1 is 0.882 bits per heavy atom. The fourth-order valence-corrected chi connectivity index (χ4v) is 2.90. The Balaban J connectivity index is 1.45. The van der Waals surface area contributed by atoms with Gasteiger partial charge in [0.05, 0.1) is 11.3 Å². The van der Waals surface area contributed by atoms with Crippen molar-refractivity contribution in [2.24, 2.45) is 0 Å². The van der Waals surface area contributed by atoms with Gasteiger partial charge in [-0.25, -0.2) is 0 Å². The SMILES string of the molecule is O=CNc1cccc(C(=O)Nc2ccc(Oc3ncnc(Oc4ccccc4)c3F)cc2)c1O. The van der Waals surface area contributed by atoms with Crippen LogP contribution < -0.4 is 20.1 Å². The van der Waals surface area contributed by atoms with Gasteiger partial charge < -0.3 is 25.2 Å². The Morgan fingerprint density at radius 2 is 1.53 bits per heavy atom. The zero-order valence-electron chi connectivity index (χ0n) is 17.4. The first-order valence-electron chi connectivity index (χ1n) is 9.90. The molecule has 1 aromatic heterocycles. The highest BCUT2D eigenvalue weighted by Crippen LogP contribution is 2.31. The highest BCUT2D eigenvalue weighted by molar-refractivity contribution is 6.07. The maximum atomic E-state index is 14.7.